The zero-order valence-corrected chi connectivity index (χ0v) is 11.5. The van der Waals surface area contributed by atoms with Gasteiger partial charge in [-0.1, -0.05) is 15.9 Å². The molecule has 1 aromatic heterocycles. The van der Waals surface area contributed by atoms with Crippen molar-refractivity contribution in [2.75, 3.05) is 0 Å². The van der Waals surface area contributed by atoms with Crippen molar-refractivity contribution in [2.45, 2.75) is 11.5 Å². The van der Waals surface area contributed by atoms with E-state index in [2.05, 4.69) is 36.8 Å². The summed E-state index contributed by atoms with van der Waals surface area (Å²) in [6, 6.07) is 1.02. The summed E-state index contributed by atoms with van der Waals surface area (Å²) in [5.74, 6) is 0. The van der Waals surface area contributed by atoms with Crippen LogP contribution < -0.4 is 0 Å². The summed E-state index contributed by atoms with van der Waals surface area (Å²) in [7, 11) is 0. The Kier molecular flexibility index (Phi) is 5.61. The molecule has 0 fully saturated rings. The molecular formula is C7H5Br3F3N. The van der Waals surface area contributed by atoms with Crippen molar-refractivity contribution >= 4 is 48.8 Å². The van der Waals surface area contributed by atoms with Crippen molar-refractivity contribution in [1.29, 1.82) is 0 Å². The molecule has 0 saturated heterocycles. The van der Waals surface area contributed by atoms with Crippen LogP contribution in [0.5, 0.6) is 0 Å². The molecule has 1 rings (SSSR count). The van der Waals surface area contributed by atoms with Crippen molar-refractivity contribution in [3.8, 4) is 0 Å². The van der Waals surface area contributed by atoms with E-state index in [-0.39, 0.29) is 17.0 Å². The lowest BCUT2D eigenvalue weighted by Gasteiger charge is -2.07. The molecule has 0 aliphatic rings. The van der Waals surface area contributed by atoms with E-state index in [9.17, 15) is 13.2 Å². The fourth-order valence-corrected chi connectivity index (χ4v) is 2.03. The highest BCUT2D eigenvalue weighted by atomic mass is 79.9. The summed E-state index contributed by atoms with van der Waals surface area (Å²) in [6.07, 6.45) is -3.51. The maximum Gasteiger partial charge on any atom is 0.417 e. The Morgan fingerprint density at radius 1 is 1.36 bits per heavy atom. The predicted octanol–water partition coefficient (Wildman–Crippen LogP) is 4.34. The van der Waals surface area contributed by atoms with Crippen LogP contribution in [0.3, 0.4) is 0 Å². The molecule has 0 unspecified atom stereocenters. The molecule has 0 aliphatic carbocycles. The Bertz CT molecular complexity index is 314. The zero-order valence-electron chi connectivity index (χ0n) is 6.61. The fraction of sp³-hybridized carbons (Fsp3) is 0.286. The van der Waals surface area contributed by atoms with Crippen LogP contribution in [0.2, 0.25) is 0 Å². The SMILES string of the molecule is Br.FC(F)(F)c1cnc(CBr)c(Br)c1. The first kappa shape index (κ1) is 14.4. The lowest BCUT2D eigenvalue weighted by molar-refractivity contribution is -0.137. The van der Waals surface area contributed by atoms with E-state index in [1.165, 1.54) is 0 Å². The van der Waals surface area contributed by atoms with E-state index in [1.807, 2.05) is 0 Å². The normalized spacial score (nSPS) is 10.9. The summed E-state index contributed by atoms with van der Waals surface area (Å²) in [5, 5.41) is 0.422. The van der Waals surface area contributed by atoms with Gasteiger partial charge in [0.2, 0.25) is 0 Å². The molecule has 0 atom stereocenters. The lowest BCUT2D eigenvalue weighted by atomic mass is 10.2. The Morgan fingerprint density at radius 2 is 1.93 bits per heavy atom. The summed E-state index contributed by atoms with van der Waals surface area (Å²) in [6.45, 7) is 0. The van der Waals surface area contributed by atoms with Gasteiger partial charge < -0.3 is 0 Å². The third kappa shape index (κ3) is 3.51. The number of hydrogen-bond donors (Lipinski definition) is 0. The van der Waals surface area contributed by atoms with Crippen molar-refractivity contribution < 1.29 is 13.2 Å². The van der Waals surface area contributed by atoms with Crippen LogP contribution in [0.4, 0.5) is 13.2 Å². The number of rotatable bonds is 1. The van der Waals surface area contributed by atoms with E-state index in [0.717, 1.165) is 12.3 Å². The quantitative estimate of drug-likeness (QED) is 0.640. The zero-order chi connectivity index (χ0) is 10.1. The van der Waals surface area contributed by atoms with Crippen molar-refractivity contribution in [1.82, 2.24) is 4.98 Å². The Morgan fingerprint density at radius 3 is 2.29 bits per heavy atom. The summed E-state index contributed by atoms with van der Waals surface area (Å²) in [4.78, 5) is 3.65. The highest BCUT2D eigenvalue weighted by Crippen LogP contribution is 2.31. The van der Waals surface area contributed by atoms with Crippen LogP contribution in [-0.2, 0) is 11.5 Å². The Hall–Kier alpha value is 0.380. The molecular weight excluding hydrogens is 395 g/mol. The molecule has 7 heteroatoms. The largest absolute Gasteiger partial charge is 0.417 e. The van der Waals surface area contributed by atoms with Crippen molar-refractivity contribution in [2.24, 2.45) is 0 Å². The highest BCUT2D eigenvalue weighted by molar-refractivity contribution is 9.10. The molecule has 0 aliphatic heterocycles. The first-order valence-electron chi connectivity index (χ1n) is 3.22. The van der Waals surface area contributed by atoms with Gasteiger partial charge in [0, 0.05) is 16.0 Å². The van der Waals surface area contributed by atoms with Gasteiger partial charge in [0.05, 0.1) is 11.3 Å². The fourth-order valence-electron chi connectivity index (χ4n) is 0.720. The molecule has 0 bridgehead atoms. The first-order chi connectivity index (χ1) is 5.95. The van der Waals surface area contributed by atoms with Crippen LogP contribution in [0.25, 0.3) is 0 Å². The summed E-state index contributed by atoms with van der Waals surface area (Å²) >= 11 is 6.12. The number of pyridine rings is 1. The molecule has 0 amide bonds. The maximum absolute atomic E-state index is 12.1. The van der Waals surface area contributed by atoms with Crippen LogP contribution >= 0.6 is 48.8 Å². The van der Waals surface area contributed by atoms with Gasteiger partial charge in [-0.3, -0.25) is 4.98 Å². The van der Waals surface area contributed by atoms with Gasteiger partial charge in [0.15, 0.2) is 0 Å². The third-order valence-corrected chi connectivity index (χ3v) is 2.59. The van der Waals surface area contributed by atoms with Gasteiger partial charge in [-0.15, -0.1) is 17.0 Å². The number of alkyl halides is 4. The van der Waals surface area contributed by atoms with Crippen molar-refractivity contribution in [3.05, 3.63) is 28.0 Å². The van der Waals surface area contributed by atoms with Crippen LogP contribution in [0, 0.1) is 0 Å². The lowest BCUT2D eigenvalue weighted by Crippen LogP contribution is -2.06. The Labute approximate surface area is 106 Å². The van der Waals surface area contributed by atoms with Gasteiger partial charge in [-0.25, -0.2) is 0 Å². The molecule has 0 spiro atoms. The molecule has 1 aromatic rings. The van der Waals surface area contributed by atoms with Gasteiger partial charge in [-0.2, -0.15) is 13.2 Å². The smallest absolute Gasteiger partial charge is 0.259 e. The van der Waals surface area contributed by atoms with Crippen LogP contribution in [0.1, 0.15) is 11.3 Å². The summed E-state index contributed by atoms with van der Waals surface area (Å²) in [5.41, 5.74) is -0.197. The average molecular weight is 400 g/mol. The standard InChI is InChI=1S/C7H4Br2F3N.BrH/c8-2-6-5(9)1-4(3-13-6)7(10,11)12;/h1,3H,2H2;1H. The number of halogens is 6. The van der Waals surface area contributed by atoms with Crippen molar-refractivity contribution in [3.63, 3.8) is 0 Å². The molecule has 1 heterocycles. The molecule has 0 saturated carbocycles. The molecule has 0 aromatic carbocycles. The highest BCUT2D eigenvalue weighted by Gasteiger charge is 2.31. The topological polar surface area (TPSA) is 12.9 Å². The van der Waals surface area contributed by atoms with E-state index < -0.39 is 11.7 Å². The van der Waals surface area contributed by atoms with E-state index in [4.69, 9.17) is 0 Å². The van der Waals surface area contributed by atoms with E-state index >= 15 is 0 Å². The number of aromatic nitrogens is 1. The average Bonchev–Trinajstić information content (AvgIpc) is 2.02. The van der Waals surface area contributed by atoms with Crippen LogP contribution in [-0.4, -0.2) is 4.98 Å². The minimum absolute atomic E-state index is 0. The second-order valence-electron chi connectivity index (χ2n) is 2.28. The minimum Gasteiger partial charge on any atom is -0.259 e. The number of hydrogen-bond acceptors (Lipinski definition) is 1. The van der Waals surface area contributed by atoms with E-state index in [1.54, 1.807) is 0 Å². The number of nitrogens with zero attached hydrogens (tertiary/aromatic N) is 1. The van der Waals surface area contributed by atoms with Gasteiger partial charge in [0.1, 0.15) is 0 Å². The first-order valence-corrected chi connectivity index (χ1v) is 5.14. The minimum atomic E-state index is -4.33. The Balaban J connectivity index is 0.00000169. The molecule has 80 valence electrons. The van der Waals surface area contributed by atoms with Gasteiger partial charge in [0.25, 0.3) is 0 Å². The van der Waals surface area contributed by atoms with Gasteiger partial charge >= 0.3 is 6.18 Å². The van der Waals surface area contributed by atoms with E-state index in [0.29, 0.717) is 15.5 Å². The monoisotopic (exact) mass is 397 g/mol. The van der Waals surface area contributed by atoms with Gasteiger partial charge in [-0.05, 0) is 22.0 Å². The van der Waals surface area contributed by atoms with Crippen LogP contribution in [0.15, 0.2) is 16.7 Å². The third-order valence-electron chi connectivity index (χ3n) is 1.37. The molecule has 1 nitrogen and oxygen atoms in total. The second-order valence-corrected chi connectivity index (χ2v) is 3.70. The molecule has 14 heavy (non-hydrogen) atoms. The molecule has 0 radical (unpaired) electrons. The predicted molar refractivity (Wildman–Crippen MR) is 59.9 cm³/mol. The summed E-state index contributed by atoms with van der Waals surface area (Å²) < 4.78 is 36.8. The molecule has 0 N–H and O–H groups in total. The maximum atomic E-state index is 12.1. The second kappa shape index (κ2) is 5.46.